The molecule has 3 heteroatoms. The minimum atomic E-state index is -0.441. The monoisotopic (exact) mass is 302 g/mol. The number of hydrogen-bond donors (Lipinski definition) is 0. The minimum Gasteiger partial charge on any atom is -0.480 e. The van der Waals surface area contributed by atoms with E-state index in [0.717, 1.165) is 5.56 Å². The Balaban J connectivity index is 1.87. The van der Waals surface area contributed by atoms with Crippen LogP contribution in [0.4, 0.5) is 0 Å². The number of rotatable bonds is 2. The van der Waals surface area contributed by atoms with Gasteiger partial charge in [0.15, 0.2) is 11.9 Å². The van der Waals surface area contributed by atoms with Gasteiger partial charge in [0.05, 0.1) is 11.8 Å². The first-order valence-corrected chi connectivity index (χ1v) is 7.43. The quantitative estimate of drug-likeness (QED) is 0.645. The maximum Gasteiger partial charge on any atom is 0.196 e. The molecule has 0 radical (unpaired) electrons. The Morgan fingerprint density at radius 2 is 1.65 bits per heavy atom. The summed E-state index contributed by atoms with van der Waals surface area (Å²) in [5, 5.41) is 0. The fraction of sp³-hybridized carbons (Fsp3) is 0.0500. The molecule has 0 amide bonds. The number of furan rings is 1. The molecule has 4 rings (SSSR count). The molecular weight excluding hydrogens is 288 g/mol. The van der Waals surface area contributed by atoms with E-state index in [4.69, 9.17) is 9.15 Å². The van der Waals surface area contributed by atoms with E-state index < -0.39 is 6.10 Å². The Morgan fingerprint density at radius 1 is 0.870 bits per heavy atom. The molecule has 2 aromatic carbocycles. The predicted molar refractivity (Wildman–Crippen MR) is 87.3 cm³/mol. The first kappa shape index (κ1) is 13.6. The van der Waals surface area contributed by atoms with Crippen LogP contribution in [0.15, 0.2) is 83.0 Å². The first-order valence-electron chi connectivity index (χ1n) is 7.43. The van der Waals surface area contributed by atoms with E-state index in [-0.39, 0.29) is 5.78 Å². The van der Waals surface area contributed by atoms with Gasteiger partial charge in [-0.25, -0.2) is 0 Å². The Hall–Kier alpha value is -3.07. The van der Waals surface area contributed by atoms with E-state index in [1.165, 1.54) is 0 Å². The number of benzene rings is 2. The lowest BCUT2D eigenvalue weighted by molar-refractivity contribution is 0.0963. The van der Waals surface area contributed by atoms with Gasteiger partial charge in [-0.2, -0.15) is 0 Å². The predicted octanol–water partition coefficient (Wildman–Crippen LogP) is 4.68. The van der Waals surface area contributed by atoms with Crippen LogP contribution in [-0.2, 0) is 0 Å². The summed E-state index contributed by atoms with van der Waals surface area (Å²) in [5.41, 5.74) is 2.09. The average Bonchev–Trinajstić information content (AvgIpc) is 3.11. The molecule has 23 heavy (non-hydrogen) atoms. The zero-order valence-corrected chi connectivity index (χ0v) is 12.3. The summed E-state index contributed by atoms with van der Waals surface area (Å²) in [4.78, 5) is 12.9. The van der Waals surface area contributed by atoms with Crippen LogP contribution in [0.5, 0.6) is 5.75 Å². The molecule has 2 heterocycles. The van der Waals surface area contributed by atoms with Gasteiger partial charge < -0.3 is 9.15 Å². The molecule has 0 fully saturated rings. The summed E-state index contributed by atoms with van der Waals surface area (Å²) < 4.78 is 11.5. The summed E-state index contributed by atoms with van der Waals surface area (Å²) in [6.07, 6.45) is 2.91. The van der Waals surface area contributed by atoms with Gasteiger partial charge in [-0.15, -0.1) is 0 Å². The molecule has 3 nitrogen and oxygen atoms in total. The fourth-order valence-corrected chi connectivity index (χ4v) is 2.77. The van der Waals surface area contributed by atoms with E-state index in [0.29, 0.717) is 22.6 Å². The number of carbonyl (C=O) groups excluding carboxylic acids is 1. The van der Waals surface area contributed by atoms with Crippen molar-refractivity contribution in [2.45, 2.75) is 6.10 Å². The maximum absolute atomic E-state index is 12.9. The fourth-order valence-electron chi connectivity index (χ4n) is 2.77. The van der Waals surface area contributed by atoms with Gasteiger partial charge in [0.1, 0.15) is 11.5 Å². The standard InChI is InChI=1S/C20H14O3/c21-19-16-10-4-5-11-18(16)23-20(14-7-2-1-3-8-14)17(19)13-15-9-6-12-22-15/h1-13,20H. The number of hydrogen-bond acceptors (Lipinski definition) is 3. The molecule has 0 spiro atoms. The number of Topliss-reactive ketones (excluding diaryl/α,β-unsaturated/α-hetero) is 1. The van der Waals surface area contributed by atoms with Crippen LogP contribution >= 0.6 is 0 Å². The number of ketones is 1. The molecule has 0 bridgehead atoms. The van der Waals surface area contributed by atoms with E-state index in [1.54, 1.807) is 24.5 Å². The van der Waals surface area contributed by atoms with E-state index in [1.807, 2.05) is 54.6 Å². The Labute approximate surface area is 133 Å². The third-order valence-corrected chi connectivity index (χ3v) is 3.86. The summed E-state index contributed by atoms with van der Waals surface area (Å²) in [5.74, 6) is 1.22. The SMILES string of the molecule is O=C1C(=Cc2ccco2)C(c2ccccc2)Oc2ccccc21. The molecule has 0 aliphatic carbocycles. The zero-order valence-electron chi connectivity index (χ0n) is 12.3. The van der Waals surface area contributed by atoms with Gasteiger partial charge in [0, 0.05) is 5.57 Å². The first-order chi connectivity index (χ1) is 11.3. The maximum atomic E-state index is 12.9. The van der Waals surface area contributed by atoms with Crippen LogP contribution in [0.1, 0.15) is 27.8 Å². The highest BCUT2D eigenvalue weighted by Crippen LogP contribution is 2.39. The third kappa shape index (κ3) is 2.46. The normalized spacial score (nSPS) is 18.5. The molecule has 112 valence electrons. The van der Waals surface area contributed by atoms with Crippen molar-refractivity contribution in [1.82, 2.24) is 0 Å². The average molecular weight is 302 g/mol. The highest BCUT2D eigenvalue weighted by molar-refractivity contribution is 6.14. The van der Waals surface area contributed by atoms with E-state index in [9.17, 15) is 4.79 Å². The van der Waals surface area contributed by atoms with Crippen molar-refractivity contribution < 1.29 is 13.9 Å². The van der Waals surface area contributed by atoms with Gasteiger partial charge in [0.25, 0.3) is 0 Å². The highest BCUT2D eigenvalue weighted by atomic mass is 16.5. The number of carbonyl (C=O) groups is 1. The highest BCUT2D eigenvalue weighted by Gasteiger charge is 2.32. The molecule has 3 aromatic rings. The van der Waals surface area contributed by atoms with Crippen LogP contribution in [0.2, 0.25) is 0 Å². The van der Waals surface area contributed by atoms with Gasteiger partial charge in [-0.3, -0.25) is 4.79 Å². The van der Waals surface area contributed by atoms with Crippen LogP contribution in [0.3, 0.4) is 0 Å². The number of fused-ring (bicyclic) bond motifs is 1. The molecular formula is C20H14O3. The zero-order chi connectivity index (χ0) is 15.6. The second-order valence-corrected chi connectivity index (χ2v) is 5.35. The number of para-hydroxylation sites is 1. The lowest BCUT2D eigenvalue weighted by Crippen LogP contribution is -2.23. The molecule has 0 N–H and O–H groups in total. The van der Waals surface area contributed by atoms with Gasteiger partial charge >= 0.3 is 0 Å². The summed E-state index contributed by atoms with van der Waals surface area (Å²) in [7, 11) is 0. The van der Waals surface area contributed by atoms with E-state index >= 15 is 0 Å². The Morgan fingerprint density at radius 3 is 2.43 bits per heavy atom. The summed E-state index contributed by atoms with van der Waals surface area (Å²) >= 11 is 0. The summed E-state index contributed by atoms with van der Waals surface area (Å²) in [6, 6.07) is 20.7. The molecule has 1 aliphatic heterocycles. The topological polar surface area (TPSA) is 39.4 Å². The second kappa shape index (κ2) is 5.61. The minimum absolute atomic E-state index is 0.0305. The van der Waals surface area contributed by atoms with Crippen molar-refractivity contribution in [3.8, 4) is 5.75 Å². The van der Waals surface area contributed by atoms with Crippen molar-refractivity contribution in [3.63, 3.8) is 0 Å². The van der Waals surface area contributed by atoms with Crippen molar-refractivity contribution in [2.24, 2.45) is 0 Å². The molecule has 0 saturated carbocycles. The second-order valence-electron chi connectivity index (χ2n) is 5.35. The van der Waals surface area contributed by atoms with Crippen molar-refractivity contribution >= 4 is 11.9 Å². The molecule has 1 atom stereocenters. The van der Waals surface area contributed by atoms with Crippen molar-refractivity contribution in [1.29, 1.82) is 0 Å². The van der Waals surface area contributed by atoms with Crippen LogP contribution in [-0.4, -0.2) is 5.78 Å². The largest absolute Gasteiger partial charge is 0.480 e. The molecule has 1 aliphatic rings. The summed E-state index contributed by atoms with van der Waals surface area (Å²) in [6.45, 7) is 0. The smallest absolute Gasteiger partial charge is 0.196 e. The van der Waals surface area contributed by atoms with Crippen LogP contribution in [0, 0.1) is 0 Å². The Kier molecular flexibility index (Phi) is 3.31. The Bertz CT molecular complexity index is 861. The van der Waals surface area contributed by atoms with Crippen LogP contribution < -0.4 is 4.74 Å². The lowest BCUT2D eigenvalue weighted by atomic mass is 9.90. The van der Waals surface area contributed by atoms with E-state index in [2.05, 4.69) is 0 Å². The van der Waals surface area contributed by atoms with Gasteiger partial charge in [-0.1, -0.05) is 42.5 Å². The van der Waals surface area contributed by atoms with Crippen molar-refractivity contribution in [2.75, 3.05) is 0 Å². The van der Waals surface area contributed by atoms with Crippen molar-refractivity contribution in [3.05, 3.63) is 95.5 Å². The third-order valence-electron chi connectivity index (χ3n) is 3.86. The molecule has 1 unspecified atom stereocenters. The number of ether oxygens (including phenoxy) is 1. The molecule has 0 saturated heterocycles. The van der Waals surface area contributed by atoms with Crippen LogP contribution in [0.25, 0.3) is 6.08 Å². The van der Waals surface area contributed by atoms with Gasteiger partial charge in [0.2, 0.25) is 0 Å². The van der Waals surface area contributed by atoms with Gasteiger partial charge in [-0.05, 0) is 35.9 Å². The molecule has 1 aromatic heterocycles. The lowest BCUT2D eigenvalue weighted by Gasteiger charge is -2.28.